The van der Waals surface area contributed by atoms with Gasteiger partial charge in [0.1, 0.15) is 5.82 Å². The van der Waals surface area contributed by atoms with Crippen LogP contribution in [0.1, 0.15) is 23.2 Å². The predicted octanol–water partition coefficient (Wildman–Crippen LogP) is 2.63. The van der Waals surface area contributed by atoms with Gasteiger partial charge in [-0.2, -0.15) is 0 Å². The topological polar surface area (TPSA) is 134 Å². The lowest BCUT2D eigenvalue weighted by Crippen LogP contribution is -2.35. The summed E-state index contributed by atoms with van der Waals surface area (Å²) in [7, 11) is -4.13. The highest BCUT2D eigenvalue weighted by Crippen LogP contribution is 2.20. The minimum absolute atomic E-state index is 0.0145. The first-order valence-corrected chi connectivity index (χ1v) is 10.5. The molecule has 3 rings (SSSR count). The summed E-state index contributed by atoms with van der Waals surface area (Å²) < 4.78 is 46.1. The van der Waals surface area contributed by atoms with Gasteiger partial charge in [-0.25, -0.2) is 22.4 Å². The summed E-state index contributed by atoms with van der Waals surface area (Å²) in [5, 5.41) is 14.3. The van der Waals surface area contributed by atoms with Gasteiger partial charge in [0.2, 0.25) is 0 Å². The fourth-order valence-corrected chi connectivity index (χ4v) is 3.94. The molecule has 1 saturated heterocycles. The molecule has 11 heteroatoms. The van der Waals surface area contributed by atoms with Crippen molar-refractivity contribution in [1.29, 1.82) is 0 Å². The minimum atomic E-state index is -4.13. The third-order valence-electron chi connectivity index (χ3n) is 4.39. The summed E-state index contributed by atoms with van der Waals surface area (Å²) >= 11 is 0. The van der Waals surface area contributed by atoms with Gasteiger partial charge in [-0.3, -0.25) is 4.72 Å². The van der Waals surface area contributed by atoms with Gasteiger partial charge in [0.05, 0.1) is 16.6 Å². The van der Waals surface area contributed by atoms with Crippen molar-refractivity contribution in [2.45, 2.75) is 23.8 Å². The van der Waals surface area contributed by atoms with Crippen LogP contribution in [0.3, 0.4) is 0 Å². The first-order chi connectivity index (χ1) is 14.2. The van der Waals surface area contributed by atoms with E-state index in [2.05, 4.69) is 15.4 Å². The zero-order valence-corrected chi connectivity index (χ0v) is 16.5. The first-order valence-electron chi connectivity index (χ1n) is 9.07. The van der Waals surface area contributed by atoms with Gasteiger partial charge < -0.3 is 20.5 Å². The maximum absolute atomic E-state index is 13.5. The van der Waals surface area contributed by atoms with Crippen LogP contribution in [0.5, 0.6) is 0 Å². The molecular weight excluding hydrogens is 417 g/mol. The zero-order chi connectivity index (χ0) is 21.7. The van der Waals surface area contributed by atoms with E-state index in [1.165, 1.54) is 24.3 Å². The number of aromatic carboxylic acids is 1. The molecule has 0 aliphatic carbocycles. The second-order valence-electron chi connectivity index (χ2n) is 6.60. The van der Waals surface area contributed by atoms with Gasteiger partial charge in [-0.1, -0.05) is 0 Å². The molecule has 30 heavy (non-hydrogen) atoms. The van der Waals surface area contributed by atoms with Crippen molar-refractivity contribution < 1.29 is 32.2 Å². The molecule has 0 saturated carbocycles. The highest BCUT2D eigenvalue weighted by molar-refractivity contribution is 7.92. The molecule has 1 unspecified atom stereocenters. The minimum Gasteiger partial charge on any atom is -0.478 e. The standard InChI is InChI=1S/C19H20FN3O6S/c20-17-8-7-15(10-16(17)18(24)25)30(27,28)23-13-5-3-12(4-6-13)22-19(26)21-11-14-2-1-9-29-14/h3-8,10,14,23H,1-2,9,11H2,(H,24,25)(H2,21,22,26). The van der Waals surface area contributed by atoms with E-state index in [0.29, 0.717) is 18.8 Å². The molecule has 0 bridgehead atoms. The predicted molar refractivity (Wildman–Crippen MR) is 107 cm³/mol. The molecule has 2 aromatic carbocycles. The average Bonchev–Trinajstić information content (AvgIpc) is 3.21. The lowest BCUT2D eigenvalue weighted by molar-refractivity contribution is 0.0691. The molecule has 1 heterocycles. The van der Waals surface area contributed by atoms with E-state index in [-0.39, 0.29) is 11.8 Å². The number of carboxylic acid groups (broad SMARTS) is 1. The number of carbonyl (C=O) groups is 2. The van der Waals surface area contributed by atoms with Crippen molar-refractivity contribution in [2.24, 2.45) is 0 Å². The van der Waals surface area contributed by atoms with Gasteiger partial charge in [0.15, 0.2) is 0 Å². The van der Waals surface area contributed by atoms with Crippen LogP contribution in [-0.2, 0) is 14.8 Å². The SMILES string of the molecule is O=C(NCC1CCCO1)Nc1ccc(NS(=O)(=O)c2ccc(F)c(C(=O)O)c2)cc1. The van der Waals surface area contributed by atoms with Crippen LogP contribution >= 0.6 is 0 Å². The third kappa shape index (κ3) is 5.45. The Morgan fingerprint density at radius 2 is 1.83 bits per heavy atom. The first kappa shape index (κ1) is 21.5. The number of carboxylic acids is 1. The number of nitrogens with one attached hydrogen (secondary N) is 3. The number of benzene rings is 2. The maximum Gasteiger partial charge on any atom is 0.338 e. The molecular formula is C19H20FN3O6S. The second-order valence-corrected chi connectivity index (χ2v) is 8.28. The number of amides is 2. The Labute approximate surface area is 172 Å². The van der Waals surface area contributed by atoms with Gasteiger partial charge in [-0.05, 0) is 55.3 Å². The van der Waals surface area contributed by atoms with Gasteiger partial charge in [-0.15, -0.1) is 0 Å². The largest absolute Gasteiger partial charge is 0.478 e. The molecule has 0 aromatic heterocycles. The van der Waals surface area contributed by atoms with E-state index in [1.54, 1.807) is 0 Å². The lowest BCUT2D eigenvalue weighted by Gasteiger charge is -2.12. The Morgan fingerprint density at radius 1 is 1.13 bits per heavy atom. The fraction of sp³-hybridized carbons (Fsp3) is 0.263. The Balaban J connectivity index is 1.61. The molecule has 1 fully saturated rings. The molecule has 160 valence electrons. The summed E-state index contributed by atoms with van der Waals surface area (Å²) in [6.07, 6.45) is 1.89. The number of sulfonamides is 1. The van der Waals surface area contributed by atoms with Crippen LogP contribution in [-0.4, -0.2) is 44.8 Å². The number of rotatable bonds is 7. The number of halogens is 1. The van der Waals surface area contributed by atoms with Crippen LogP contribution in [0.4, 0.5) is 20.6 Å². The molecule has 0 spiro atoms. The third-order valence-corrected chi connectivity index (χ3v) is 5.77. The van der Waals surface area contributed by atoms with Crippen LogP contribution in [0, 0.1) is 5.82 Å². The highest BCUT2D eigenvalue weighted by atomic mass is 32.2. The van der Waals surface area contributed by atoms with Gasteiger partial charge in [0.25, 0.3) is 10.0 Å². The molecule has 2 amide bonds. The Hall–Kier alpha value is -3.18. The Morgan fingerprint density at radius 3 is 2.47 bits per heavy atom. The molecule has 2 aromatic rings. The number of anilines is 2. The second kappa shape index (κ2) is 9.09. The highest BCUT2D eigenvalue weighted by Gasteiger charge is 2.19. The van der Waals surface area contributed by atoms with E-state index in [0.717, 1.165) is 31.0 Å². The van der Waals surface area contributed by atoms with Gasteiger partial charge in [0, 0.05) is 24.5 Å². The summed E-state index contributed by atoms with van der Waals surface area (Å²) in [5.41, 5.74) is -0.120. The molecule has 1 aliphatic rings. The van der Waals surface area contributed by atoms with Crippen molar-refractivity contribution in [3.05, 3.63) is 53.8 Å². The number of hydrogen-bond acceptors (Lipinski definition) is 5. The van der Waals surface area contributed by atoms with Crippen molar-refractivity contribution in [3.8, 4) is 0 Å². The molecule has 1 atom stereocenters. The monoisotopic (exact) mass is 437 g/mol. The lowest BCUT2D eigenvalue weighted by atomic mass is 10.2. The smallest absolute Gasteiger partial charge is 0.338 e. The zero-order valence-electron chi connectivity index (χ0n) is 15.7. The number of hydrogen-bond donors (Lipinski definition) is 4. The summed E-state index contributed by atoms with van der Waals surface area (Å²) in [5.74, 6) is -2.60. The normalized spacial score (nSPS) is 16.1. The molecule has 4 N–H and O–H groups in total. The summed E-state index contributed by atoms with van der Waals surface area (Å²) in [6.45, 7) is 1.10. The number of carbonyl (C=O) groups excluding carboxylic acids is 1. The van der Waals surface area contributed by atoms with Crippen molar-refractivity contribution in [3.63, 3.8) is 0 Å². The van der Waals surface area contributed by atoms with Crippen LogP contribution in [0.15, 0.2) is 47.4 Å². The Kier molecular flexibility index (Phi) is 6.53. The number of urea groups is 1. The average molecular weight is 437 g/mol. The number of ether oxygens (including phenoxy) is 1. The van der Waals surface area contributed by atoms with E-state index < -0.39 is 38.3 Å². The van der Waals surface area contributed by atoms with Crippen LogP contribution < -0.4 is 15.4 Å². The van der Waals surface area contributed by atoms with Crippen molar-refractivity contribution in [1.82, 2.24) is 5.32 Å². The van der Waals surface area contributed by atoms with E-state index in [1.807, 2.05) is 0 Å². The molecule has 9 nitrogen and oxygen atoms in total. The molecule has 1 aliphatic heterocycles. The van der Waals surface area contributed by atoms with E-state index in [9.17, 15) is 22.4 Å². The Bertz CT molecular complexity index is 1040. The fourth-order valence-electron chi connectivity index (χ4n) is 2.86. The summed E-state index contributed by atoms with van der Waals surface area (Å²) in [6, 6.07) is 7.93. The van der Waals surface area contributed by atoms with E-state index in [4.69, 9.17) is 9.84 Å². The van der Waals surface area contributed by atoms with E-state index >= 15 is 0 Å². The summed E-state index contributed by atoms with van der Waals surface area (Å²) in [4.78, 5) is 22.5. The maximum atomic E-state index is 13.5. The van der Waals surface area contributed by atoms with Crippen LogP contribution in [0.2, 0.25) is 0 Å². The quantitative estimate of drug-likeness (QED) is 0.526. The van der Waals surface area contributed by atoms with Crippen molar-refractivity contribution in [2.75, 3.05) is 23.2 Å². The molecule has 0 radical (unpaired) electrons. The van der Waals surface area contributed by atoms with Crippen molar-refractivity contribution >= 4 is 33.4 Å². The van der Waals surface area contributed by atoms with Gasteiger partial charge >= 0.3 is 12.0 Å². The van der Waals surface area contributed by atoms with Crippen LogP contribution in [0.25, 0.3) is 0 Å².